The lowest BCUT2D eigenvalue weighted by Gasteiger charge is -2.18. The molecular weight excluding hydrogens is 471 g/mol. The molecule has 0 fully saturated rings. The number of carbonyl (C=O) groups excluding carboxylic acids is 2. The summed E-state index contributed by atoms with van der Waals surface area (Å²) in [6, 6.07) is 12.6. The SMILES string of the molecule is COc1ccccc1CCC(=O)c1nc(C2=CC(C(F)F)C(=O)C=C2)c(-c2ccc(F)cc2)nc1N. The standard InChI is InChI=1S/C27H22F3N3O3/c1-36-22-5-3-2-4-15(22)8-13-21(35)25-27(31)33-23(16-6-10-18(28)11-7-16)24(32-25)17-9-12-20(34)19(14-17)26(29)30/h2-7,9-12,14,19,26H,8,13H2,1H3,(H2,31,33). The number of methoxy groups -OCH3 is 1. The molecule has 3 aromatic rings. The monoisotopic (exact) mass is 493 g/mol. The van der Waals surface area contributed by atoms with Gasteiger partial charge >= 0.3 is 0 Å². The van der Waals surface area contributed by atoms with Crippen molar-refractivity contribution in [2.75, 3.05) is 12.8 Å². The van der Waals surface area contributed by atoms with Crippen LogP contribution in [0.25, 0.3) is 16.8 Å². The minimum Gasteiger partial charge on any atom is -0.496 e. The van der Waals surface area contributed by atoms with Gasteiger partial charge in [-0.2, -0.15) is 0 Å². The Balaban J connectivity index is 1.76. The minimum absolute atomic E-state index is 0.0433. The fourth-order valence-electron chi connectivity index (χ4n) is 3.91. The largest absolute Gasteiger partial charge is 0.496 e. The fraction of sp³-hybridized carbons (Fsp3) is 0.185. The van der Waals surface area contributed by atoms with Crippen molar-refractivity contribution in [1.82, 2.24) is 9.97 Å². The van der Waals surface area contributed by atoms with Crippen molar-refractivity contribution in [3.8, 4) is 17.0 Å². The number of aromatic nitrogens is 2. The average Bonchev–Trinajstić information content (AvgIpc) is 2.88. The number of benzene rings is 2. The molecular formula is C27H22F3N3O3. The minimum atomic E-state index is -2.92. The molecule has 1 unspecified atom stereocenters. The van der Waals surface area contributed by atoms with Gasteiger partial charge in [-0.15, -0.1) is 0 Å². The van der Waals surface area contributed by atoms with E-state index in [-0.39, 0.29) is 34.9 Å². The van der Waals surface area contributed by atoms with E-state index in [4.69, 9.17) is 10.5 Å². The number of rotatable bonds is 8. The molecule has 2 aromatic carbocycles. The number of nitrogens with zero attached hydrogens (tertiary/aromatic N) is 2. The summed E-state index contributed by atoms with van der Waals surface area (Å²) in [5.41, 5.74) is 7.67. The van der Waals surface area contributed by atoms with Crippen molar-refractivity contribution in [3.63, 3.8) is 0 Å². The van der Waals surface area contributed by atoms with Gasteiger partial charge in [0.1, 0.15) is 23.2 Å². The van der Waals surface area contributed by atoms with Gasteiger partial charge in [-0.3, -0.25) is 9.59 Å². The van der Waals surface area contributed by atoms with Crippen LogP contribution in [0.15, 0.2) is 66.8 Å². The van der Waals surface area contributed by atoms with Crippen LogP contribution in [0.4, 0.5) is 19.0 Å². The summed E-state index contributed by atoms with van der Waals surface area (Å²) in [7, 11) is 1.54. The van der Waals surface area contributed by atoms with E-state index in [0.717, 1.165) is 17.7 Å². The number of anilines is 1. The zero-order valence-electron chi connectivity index (χ0n) is 19.3. The number of hydrogen-bond donors (Lipinski definition) is 1. The van der Waals surface area contributed by atoms with E-state index in [0.29, 0.717) is 17.7 Å². The van der Waals surface area contributed by atoms with Crippen molar-refractivity contribution in [2.24, 2.45) is 5.92 Å². The topological polar surface area (TPSA) is 95.2 Å². The third kappa shape index (κ3) is 5.19. The molecule has 1 heterocycles. The molecule has 0 saturated heterocycles. The first-order chi connectivity index (χ1) is 17.3. The number of para-hydroxylation sites is 1. The van der Waals surface area contributed by atoms with Gasteiger partial charge in [-0.1, -0.05) is 24.3 Å². The van der Waals surface area contributed by atoms with Gasteiger partial charge in [-0.25, -0.2) is 23.1 Å². The predicted octanol–water partition coefficient (Wildman–Crippen LogP) is 5.09. The highest BCUT2D eigenvalue weighted by Gasteiger charge is 2.29. The number of alkyl halides is 2. The molecule has 36 heavy (non-hydrogen) atoms. The summed E-state index contributed by atoms with van der Waals surface area (Å²) >= 11 is 0. The van der Waals surface area contributed by atoms with Gasteiger partial charge in [0.25, 0.3) is 6.43 Å². The second kappa shape index (κ2) is 10.6. The molecule has 0 radical (unpaired) electrons. The van der Waals surface area contributed by atoms with Crippen molar-refractivity contribution < 1.29 is 27.5 Å². The Labute approximate surface area is 205 Å². The van der Waals surface area contributed by atoms with Crippen LogP contribution in [0.2, 0.25) is 0 Å². The van der Waals surface area contributed by atoms with E-state index in [9.17, 15) is 22.8 Å². The van der Waals surface area contributed by atoms with Gasteiger partial charge in [0.15, 0.2) is 17.4 Å². The van der Waals surface area contributed by atoms with Gasteiger partial charge in [-0.05, 0) is 60.0 Å². The summed E-state index contributed by atoms with van der Waals surface area (Å²) in [6.45, 7) is 0. The number of ketones is 2. The van der Waals surface area contributed by atoms with E-state index in [1.54, 1.807) is 6.07 Å². The van der Waals surface area contributed by atoms with Gasteiger partial charge in [0.05, 0.1) is 18.5 Å². The number of aryl methyl sites for hydroxylation is 1. The number of halogens is 3. The molecule has 1 atom stereocenters. The maximum Gasteiger partial charge on any atom is 0.252 e. The highest BCUT2D eigenvalue weighted by molar-refractivity contribution is 6.02. The van der Waals surface area contributed by atoms with Crippen LogP contribution < -0.4 is 10.5 Å². The smallest absolute Gasteiger partial charge is 0.252 e. The zero-order chi connectivity index (χ0) is 25.8. The number of carbonyl (C=O) groups is 2. The van der Waals surface area contributed by atoms with Crippen LogP contribution in [0.5, 0.6) is 5.75 Å². The Bertz CT molecular complexity index is 1370. The van der Waals surface area contributed by atoms with E-state index in [1.165, 1.54) is 37.5 Å². The molecule has 6 nitrogen and oxygen atoms in total. The van der Waals surface area contributed by atoms with E-state index < -0.39 is 29.7 Å². The lowest BCUT2D eigenvalue weighted by atomic mass is 9.92. The second-order valence-electron chi connectivity index (χ2n) is 8.11. The Kier molecular flexibility index (Phi) is 7.28. The molecule has 0 saturated carbocycles. The molecule has 184 valence electrons. The van der Waals surface area contributed by atoms with Crippen LogP contribution in [0, 0.1) is 11.7 Å². The number of nitrogens with two attached hydrogens (primary N) is 1. The Hall–Kier alpha value is -4.27. The first-order valence-corrected chi connectivity index (χ1v) is 11.1. The van der Waals surface area contributed by atoms with Crippen molar-refractivity contribution >= 4 is 23.0 Å². The van der Waals surface area contributed by atoms with Crippen molar-refractivity contribution in [3.05, 3.63) is 89.5 Å². The first-order valence-electron chi connectivity index (χ1n) is 11.1. The summed E-state index contributed by atoms with van der Waals surface area (Å²) in [4.78, 5) is 33.8. The molecule has 0 spiro atoms. The lowest BCUT2D eigenvalue weighted by molar-refractivity contribution is -0.120. The maximum atomic E-state index is 13.5. The quantitative estimate of drug-likeness (QED) is 0.439. The molecule has 0 bridgehead atoms. The van der Waals surface area contributed by atoms with Crippen LogP contribution in [-0.2, 0) is 11.2 Å². The highest BCUT2D eigenvalue weighted by atomic mass is 19.3. The normalized spacial score (nSPS) is 15.2. The Morgan fingerprint density at radius 1 is 1.06 bits per heavy atom. The van der Waals surface area contributed by atoms with Gasteiger partial charge < -0.3 is 10.5 Å². The van der Waals surface area contributed by atoms with E-state index in [1.807, 2.05) is 18.2 Å². The number of ether oxygens (including phenoxy) is 1. The third-order valence-electron chi connectivity index (χ3n) is 5.78. The first kappa shape index (κ1) is 24.8. The fourth-order valence-corrected chi connectivity index (χ4v) is 3.91. The summed E-state index contributed by atoms with van der Waals surface area (Å²) in [5, 5.41) is 0. The van der Waals surface area contributed by atoms with Gasteiger partial charge in [0, 0.05) is 12.0 Å². The number of Topliss-reactive ketones (excluding diaryl/α,β-unsaturated/α-hetero) is 1. The number of nitrogen functional groups attached to an aromatic ring is 1. The maximum absolute atomic E-state index is 13.5. The second-order valence-corrected chi connectivity index (χ2v) is 8.11. The Morgan fingerprint density at radius 3 is 2.47 bits per heavy atom. The van der Waals surface area contributed by atoms with Crippen LogP contribution >= 0.6 is 0 Å². The molecule has 0 aliphatic heterocycles. The highest BCUT2D eigenvalue weighted by Crippen LogP contribution is 2.33. The number of hydrogen-bond acceptors (Lipinski definition) is 6. The van der Waals surface area contributed by atoms with Crippen LogP contribution in [0.3, 0.4) is 0 Å². The molecule has 4 rings (SSSR count). The lowest BCUT2D eigenvalue weighted by Crippen LogP contribution is -2.21. The molecule has 1 aliphatic rings. The molecule has 2 N–H and O–H groups in total. The predicted molar refractivity (Wildman–Crippen MR) is 129 cm³/mol. The third-order valence-corrected chi connectivity index (χ3v) is 5.78. The summed E-state index contributed by atoms with van der Waals surface area (Å²) < 4.78 is 45.8. The molecule has 1 aromatic heterocycles. The van der Waals surface area contributed by atoms with Crippen LogP contribution in [-0.4, -0.2) is 35.1 Å². The summed E-state index contributed by atoms with van der Waals surface area (Å²) in [5.74, 6) is -2.80. The van der Waals surface area contributed by atoms with Gasteiger partial charge in [0.2, 0.25) is 0 Å². The number of allylic oxidation sites excluding steroid dienone is 4. The molecule has 1 aliphatic carbocycles. The van der Waals surface area contributed by atoms with E-state index in [2.05, 4.69) is 9.97 Å². The molecule has 9 heteroatoms. The summed E-state index contributed by atoms with van der Waals surface area (Å²) in [6.07, 6.45) is 0.962. The Morgan fingerprint density at radius 2 is 1.78 bits per heavy atom. The zero-order valence-corrected chi connectivity index (χ0v) is 19.3. The molecule has 0 amide bonds. The average molecular weight is 493 g/mol. The van der Waals surface area contributed by atoms with Crippen LogP contribution in [0.1, 0.15) is 28.2 Å². The van der Waals surface area contributed by atoms with Crippen molar-refractivity contribution in [1.29, 1.82) is 0 Å². The van der Waals surface area contributed by atoms with Crippen molar-refractivity contribution in [2.45, 2.75) is 19.3 Å². The van der Waals surface area contributed by atoms with E-state index >= 15 is 0 Å².